The largest absolute Gasteiger partial charge is 0.369 e. The Labute approximate surface area is 181 Å². The zero-order chi connectivity index (χ0) is 21.1. The van der Waals surface area contributed by atoms with Gasteiger partial charge in [0.1, 0.15) is 5.82 Å². The fourth-order valence-corrected chi connectivity index (χ4v) is 3.63. The summed E-state index contributed by atoms with van der Waals surface area (Å²) in [5.74, 6) is 1.77. The van der Waals surface area contributed by atoms with E-state index in [9.17, 15) is 0 Å². The summed E-state index contributed by atoms with van der Waals surface area (Å²) in [5, 5.41) is 7.46. The number of nitrogens with one attached hydrogen (secondary N) is 3. The lowest BCUT2D eigenvalue weighted by Gasteiger charge is -2.30. The molecule has 0 saturated carbocycles. The van der Waals surface area contributed by atoms with Crippen LogP contribution in [0.5, 0.6) is 0 Å². The number of nitrogens with zero attached hydrogens (tertiary/aromatic N) is 4. The normalized spacial score (nSPS) is 11.8. The van der Waals surface area contributed by atoms with E-state index >= 15 is 0 Å². The third-order valence-corrected chi connectivity index (χ3v) is 5.33. The Morgan fingerprint density at radius 2 is 1.69 bits per heavy atom. The van der Waals surface area contributed by atoms with Crippen molar-refractivity contribution in [2.24, 2.45) is 0 Å². The first-order valence-corrected chi connectivity index (χ1v) is 10.5. The maximum atomic E-state index is 6.07. The van der Waals surface area contributed by atoms with E-state index in [-0.39, 0.29) is 0 Å². The van der Waals surface area contributed by atoms with Crippen LogP contribution in [0.4, 0.5) is 17.7 Å². The second kappa shape index (κ2) is 9.15. The van der Waals surface area contributed by atoms with Gasteiger partial charge in [-0.25, -0.2) is 9.97 Å². The summed E-state index contributed by atoms with van der Waals surface area (Å²) >= 11 is 12.1. The minimum absolute atomic E-state index is 0.465. The van der Waals surface area contributed by atoms with Gasteiger partial charge in [0.05, 0.1) is 21.1 Å². The SMILES string of the molecule is Cc1cc(NCCN(C(C)C)C(C)C)nc(Nc2nc3cc(Cl)c(Cl)cc3[nH]2)n1. The Morgan fingerprint density at radius 3 is 2.38 bits per heavy atom. The van der Waals surface area contributed by atoms with Crippen molar-refractivity contribution in [3.8, 4) is 0 Å². The number of hydrogen-bond acceptors (Lipinski definition) is 6. The van der Waals surface area contributed by atoms with Crippen LogP contribution < -0.4 is 10.6 Å². The molecular formula is C20H27Cl2N7. The number of imidazole rings is 1. The summed E-state index contributed by atoms with van der Waals surface area (Å²) in [6, 6.07) is 6.39. The molecule has 3 rings (SSSR count). The predicted octanol–water partition coefficient (Wildman–Crippen LogP) is 5.24. The molecule has 2 heterocycles. The van der Waals surface area contributed by atoms with Crippen molar-refractivity contribution in [1.29, 1.82) is 0 Å². The van der Waals surface area contributed by atoms with E-state index in [1.54, 1.807) is 12.1 Å². The van der Waals surface area contributed by atoms with Crippen molar-refractivity contribution in [1.82, 2.24) is 24.8 Å². The van der Waals surface area contributed by atoms with Crippen molar-refractivity contribution in [3.05, 3.63) is 33.9 Å². The molecule has 0 saturated heterocycles. The van der Waals surface area contributed by atoms with Gasteiger partial charge in [0.2, 0.25) is 11.9 Å². The molecule has 9 heteroatoms. The van der Waals surface area contributed by atoms with Crippen molar-refractivity contribution in [2.45, 2.75) is 46.7 Å². The molecule has 1 aromatic carbocycles. The van der Waals surface area contributed by atoms with Gasteiger partial charge >= 0.3 is 0 Å². The Balaban J connectivity index is 1.70. The van der Waals surface area contributed by atoms with E-state index in [1.807, 2.05) is 13.0 Å². The molecule has 3 aromatic rings. The van der Waals surface area contributed by atoms with Crippen LogP contribution in [0.1, 0.15) is 33.4 Å². The molecule has 3 N–H and O–H groups in total. The fourth-order valence-electron chi connectivity index (χ4n) is 3.31. The number of hydrogen-bond donors (Lipinski definition) is 3. The summed E-state index contributed by atoms with van der Waals surface area (Å²) in [6.07, 6.45) is 0. The number of anilines is 3. The van der Waals surface area contributed by atoms with Gasteiger partial charge in [-0.3, -0.25) is 10.2 Å². The van der Waals surface area contributed by atoms with Gasteiger partial charge < -0.3 is 10.3 Å². The first-order chi connectivity index (χ1) is 13.7. The van der Waals surface area contributed by atoms with Gasteiger partial charge in [-0.15, -0.1) is 0 Å². The van der Waals surface area contributed by atoms with Gasteiger partial charge in [0.25, 0.3) is 0 Å². The Bertz CT molecular complexity index is 937. The molecule has 0 fully saturated rings. The average Bonchev–Trinajstić information content (AvgIpc) is 2.98. The number of aryl methyl sites for hydroxylation is 1. The van der Waals surface area contributed by atoms with Gasteiger partial charge in [-0.05, 0) is 46.8 Å². The number of benzene rings is 1. The average molecular weight is 436 g/mol. The summed E-state index contributed by atoms with van der Waals surface area (Å²) in [6.45, 7) is 12.5. The number of aromatic amines is 1. The van der Waals surface area contributed by atoms with Gasteiger partial charge in [-0.1, -0.05) is 23.2 Å². The first kappa shape index (κ1) is 21.6. The van der Waals surface area contributed by atoms with Crippen molar-refractivity contribution in [2.75, 3.05) is 23.7 Å². The lowest BCUT2D eigenvalue weighted by atomic mass is 10.2. The predicted molar refractivity (Wildman–Crippen MR) is 122 cm³/mol. The third-order valence-electron chi connectivity index (χ3n) is 4.61. The number of aromatic nitrogens is 4. The zero-order valence-electron chi connectivity index (χ0n) is 17.3. The number of halogens is 2. The highest BCUT2D eigenvalue weighted by Crippen LogP contribution is 2.28. The standard InChI is InChI=1S/C20H27Cl2N7/c1-11(2)29(12(3)4)7-6-23-18-8-13(5)24-19(27-18)28-20-25-16-9-14(21)15(22)10-17(16)26-20/h8-12H,6-7H2,1-5H3,(H3,23,24,25,26,27,28). The monoisotopic (exact) mass is 435 g/mol. The van der Waals surface area contributed by atoms with E-state index in [4.69, 9.17) is 23.2 Å². The molecule has 0 atom stereocenters. The van der Waals surface area contributed by atoms with E-state index in [2.05, 4.69) is 63.2 Å². The molecule has 0 aliphatic heterocycles. The molecule has 0 radical (unpaired) electrons. The Hall–Kier alpha value is -2.09. The van der Waals surface area contributed by atoms with Crippen LogP contribution in [-0.4, -0.2) is 50.0 Å². The van der Waals surface area contributed by atoms with Gasteiger partial charge in [0, 0.05) is 36.9 Å². The zero-order valence-corrected chi connectivity index (χ0v) is 18.9. The molecule has 0 aliphatic rings. The maximum absolute atomic E-state index is 6.07. The van der Waals surface area contributed by atoms with Gasteiger partial charge in [0.15, 0.2) is 0 Å². The number of H-pyrrole nitrogens is 1. The van der Waals surface area contributed by atoms with E-state index < -0.39 is 0 Å². The molecule has 0 aliphatic carbocycles. The molecule has 29 heavy (non-hydrogen) atoms. The highest BCUT2D eigenvalue weighted by Gasteiger charge is 2.13. The number of fused-ring (bicyclic) bond motifs is 1. The molecule has 0 unspecified atom stereocenters. The van der Waals surface area contributed by atoms with E-state index in [1.165, 1.54) is 0 Å². The minimum atomic E-state index is 0.465. The van der Waals surface area contributed by atoms with Crippen LogP contribution in [-0.2, 0) is 0 Å². The summed E-state index contributed by atoms with van der Waals surface area (Å²) in [7, 11) is 0. The Morgan fingerprint density at radius 1 is 1.00 bits per heavy atom. The maximum Gasteiger partial charge on any atom is 0.231 e. The molecule has 0 amide bonds. The van der Waals surface area contributed by atoms with E-state index in [0.717, 1.165) is 35.6 Å². The van der Waals surface area contributed by atoms with Crippen LogP contribution >= 0.6 is 23.2 Å². The summed E-state index contributed by atoms with van der Waals surface area (Å²) in [5.41, 5.74) is 2.36. The molecule has 0 spiro atoms. The lowest BCUT2D eigenvalue weighted by Crippen LogP contribution is -2.40. The molecule has 7 nitrogen and oxygen atoms in total. The third kappa shape index (κ3) is 5.50. The molecule has 2 aromatic heterocycles. The highest BCUT2D eigenvalue weighted by atomic mass is 35.5. The van der Waals surface area contributed by atoms with Crippen molar-refractivity contribution >= 4 is 51.9 Å². The van der Waals surface area contributed by atoms with Crippen LogP contribution in [0.15, 0.2) is 18.2 Å². The van der Waals surface area contributed by atoms with Gasteiger partial charge in [-0.2, -0.15) is 4.98 Å². The quantitative estimate of drug-likeness (QED) is 0.448. The first-order valence-electron chi connectivity index (χ1n) is 9.70. The van der Waals surface area contributed by atoms with Crippen LogP contribution in [0.25, 0.3) is 11.0 Å². The van der Waals surface area contributed by atoms with Crippen LogP contribution in [0.3, 0.4) is 0 Å². The second-order valence-corrected chi connectivity index (χ2v) is 8.38. The van der Waals surface area contributed by atoms with E-state index in [0.29, 0.717) is 34.0 Å². The summed E-state index contributed by atoms with van der Waals surface area (Å²) in [4.78, 5) is 19.1. The fraction of sp³-hybridized carbons (Fsp3) is 0.450. The lowest BCUT2D eigenvalue weighted by molar-refractivity contribution is 0.182. The molecular weight excluding hydrogens is 409 g/mol. The van der Waals surface area contributed by atoms with Crippen molar-refractivity contribution in [3.63, 3.8) is 0 Å². The molecule has 0 bridgehead atoms. The molecule has 156 valence electrons. The summed E-state index contributed by atoms with van der Waals surface area (Å²) < 4.78 is 0. The second-order valence-electron chi connectivity index (χ2n) is 7.56. The topological polar surface area (TPSA) is 81.8 Å². The van der Waals surface area contributed by atoms with Crippen molar-refractivity contribution < 1.29 is 0 Å². The highest BCUT2D eigenvalue weighted by molar-refractivity contribution is 6.42. The smallest absolute Gasteiger partial charge is 0.231 e. The number of rotatable bonds is 8. The van der Waals surface area contributed by atoms with Crippen LogP contribution in [0, 0.1) is 6.92 Å². The Kier molecular flexibility index (Phi) is 6.82. The van der Waals surface area contributed by atoms with Crippen LogP contribution in [0.2, 0.25) is 10.0 Å². The minimum Gasteiger partial charge on any atom is -0.369 e.